The lowest BCUT2D eigenvalue weighted by molar-refractivity contribution is 0.102. The number of imidazole rings is 1. The quantitative estimate of drug-likeness (QED) is 0.638. The second-order valence-corrected chi connectivity index (χ2v) is 7.60. The third-order valence-electron chi connectivity index (χ3n) is 5.51. The number of benzene rings is 2. The van der Waals surface area contributed by atoms with E-state index in [1.54, 1.807) is 27.7 Å². The van der Waals surface area contributed by atoms with Crippen molar-refractivity contribution in [3.63, 3.8) is 0 Å². The highest BCUT2D eigenvalue weighted by atomic mass is 16.2. The Morgan fingerprint density at radius 3 is 2.69 bits per heavy atom. The van der Waals surface area contributed by atoms with Gasteiger partial charge in [0.25, 0.3) is 5.91 Å². The molecule has 3 aromatic rings. The first-order valence-corrected chi connectivity index (χ1v) is 9.73. The van der Waals surface area contributed by atoms with Crippen molar-refractivity contribution >= 4 is 34.3 Å². The molecule has 3 amide bonds. The minimum Gasteiger partial charge on any atom is -0.336 e. The van der Waals surface area contributed by atoms with Gasteiger partial charge in [-0.05, 0) is 55.7 Å². The van der Waals surface area contributed by atoms with Crippen molar-refractivity contribution in [1.82, 2.24) is 14.9 Å². The molecule has 0 bridgehead atoms. The SMILES string of the molecule is Cc1ccc(NC(=O)c2ccc3[nH]c(=O)n(C4CC4)c3c2)cc1N1CCNC1=O. The van der Waals surface area contributed by atoms with Crippen LogP contribution in [0.15, 0.2) is 41.2 Å². The number of H-pyrrole nitrogens is 1. The van der Waals surface area contributed by atoms with E-state index in [9.17, 15) is 14.4 Å². The number of rotatable bonds is 4. The molecule has 2 fully saturated rings. The van der Waals surface area contributed by atoms with Crippen molar-refractivity contribution in [3.8, 4) is 0 Å². The summed E-state index contributed by atoms with van der Waals surface area (Å²) in [5.41, 5.74) is 4.19. The van der Waals surface area contributed by atoms with Gasteiger partial charge in [0.2, 0.25) is 0 Å². The van der Waals surface area contributed by atoms with Gasteiger partial charge in [0, 0.05) is 30.4 Å². The van der Waals surface area contributed by atoms with Crippen molar-refractivity contribution in [2.24, 2.45) is 0 Å². The van der Waals surface area contributed by atoms with E-state index in [0.29, 0.717) is 24.3 Å². The number of hydrogen-bond acceptors (Lipinski definition) is 3. The smallest absolute Gasteiger partial charge is 0.326 e. The van der Waals surface area contributed by atoms with Gasteiger partial charge in [0.1, 0.15) is 0 Å². The summed E-state index contributed by atoms with van der Waals surface area (Å²) in [5.74, 6) is -0.261. The van der Waals surface area contributed by atoms with Crippen LogP contribution < -0.4 is 21.2 Å². The Hall–Kier alpha value is -3.55. The summed E-state index contributed by atoms with van der Waals surface area (Å²) < 4.78 is 1.74. The molecule has 8 heteroatoms. The maximum atomic E-state index is 12.8. The van der Waals surface area contributed by atoms with Gasteiger partial charge in [-0.3, -0.25) is 14.3 Å². The molecule has 1 aliphatic carbocycles. The van der Waals surface area contributed by atoms with Gasteiger partial charge in [-0.15, -0.1) is 0 Å². The van der Waals surface area contributed by atoms with Gasteiger partial charge in [-0.1, -0.05) is 6.07 Å². The lowest BCUT2D eigenvalue weighted by Gasteiger charge is -2.18. The van der Waals surface area contributed by atoms with E-state index in [4.69, 9.17) is 0 Å². The molecule has 0 atom stereocenters. The van der Waals surface area contributed by atoms with Crippen molar-refractivity contribution in [1.29, 1.82) is 0 Å². The molecule has 1 aromatic heterocycles. The number of nitrogens with one attached hydrogen (secondary N) is 3. The third-order valence-corrected chi connectivity index (χ3v) is 5.51. The highest BCUT2D eigenvalue weighted by Gasteiger charge is 2.27. The zero-order valence-electron chi connectivity index (χ0n) is 16.0. The van der Waals surface area contributed by atoms with Crippen LogP contribution in [0.25, 0.3) is 11.0 Å². The maximum absolute atomic E-state index is 12.8. The van der Waals surface area contributed by atoms with Gasteiger partial charge >= 0.3 is 11.7 Å². The summed E-state index contributed by atoms with van der Waals surface area (Å²) in [6, 6.07) is 10.8. The Kier molecular flexibility index (Phi) is 3.94. The summed E-state index contributed by atoms with van der Waals surface area (Å²) in [7, 11) is 0. The predicted molar refractivity (Wildman–Crippen MR) is 111 cm³/mol. The molecule has 2 heterocycles. The predicted octanol–water partition coefficient (Wildman–Crippen LogP) is 2.75. The summed E-state index contributed by atoms with van der Waals surface area (Å²) >= 11 is 0. The second-order valence-electron chi connectivity index (χ2n) is 7.60. The first-order chi connectivity index (χ1) is 14.0. The molecule has 8 nitrogen and oxygen atoms in total. The minimum absolute atomic E-state index is 0.132. The Balaban J connectivity index is 1.44. The number of anilines is 2. The molecule has 1 saturated carbocycles. The lowest BCUT2D eigenvalue weighted by Crippen LogP contribution is -2.28. The Labute approximate surface area is 166 Å². The Morgan fingerprint density at radius 2 is 1.97 bits per heavy atom. The van der Waals surface area contributed by atoms with Crippen LogP contribution in [0.2, 0.25) is 0 Å². The number of amides is 3. The number of aromatic nitrogens is 2. The number of nitrogens with zero attached hydrogens (tertiary/aromatic N) is 2. The summed E-state index contributed by atoms with van der Waals surface area (Å²) in [6.07, 6.45) is 1.97. The van der Waals surface area contributed by atoms with Crippen LogP contribution in [0.5, 0.6) is 0 Å². The number of fused-ring (bicyclic) bond motifs is 1. The number of urea groups is 1. The van der Waals surface area contributed by atoms with Crippen LogP contribution >= 0.6 is 0 Å². The molecular weight excluding hydrogens is 370 g/mol. The molecule has 0 radical (unpaired) electrons. The van der Waals surface area contributed by atoms with Crippen LogP contribution in [0.3, 0.4) is 0 Å². The van der Waals surface area contributed by atoms with E-state index < -0.39 is 0 Å². The summed E-state index contributed by atoms with van der Waals surface area (Å²) in [5, 5.41) is 5.69. The van der Waals surface area contributed by atoms with Crippen LogP contribution in [0, 0.1) is 6.92 Å². The highest BCUT2D eigenvalue weighted by Crippen LogP contribution is 2.36. The Morgan fingerprint density at radius 1 is 1.14 bits per heavy atom. The fourth-order valence-electron chi connectivity index (χ4n) is 3.84. The van der Waals surface area contributed by atoms with E-state index in [2.05, 4.69) is 15.6 Å². The van der Waals surface area contributed by atoms with E-state index in [1.807, 2.05) is 25.1 Å². The largest absolute Gasteiger partial charge is 0.336 e. The Bertz CT molecular complexity index is 1200. The van der Waals surface area contributed by atoms with Crippen molar-refractivity contribution in [2.75, 3.05) is 23.3 Å². The topological polar surface area (TPSA) is 99.2 Å². The van der Waals surface area contributed by atoms with Gasteiger partial charge in [0.05, 0.1) is 16.7 Å². The second kappa shape index (κ2) is 6.51. The van der Waals surface area contributed by atoms with E-state index in [0.717, 1.165) is 35.1 Å². The van der Waals surface area contributed by atoms with Crippen molar-refractivity contribution < 1.29 is 9.59 Å². The summed E-state index contributed by atoms with van der Waals surface area (Å²) in [4.78, 5) is 41.5. The van der Waals surface area contributed by atoms with Crippen molar-refractivity contribution in [2.45, 2.75) is 25.8 Å². The molecule has 29 heavy (non-hydrogen) atoms. The lowest BCUT2D eigenvalue weighted by atomic mass is 10.1. The number of aromatic amines is 1. The summed E-state index contributed by atoms with van der Waals surface area (Å²) in [6.45, 7) is 3.14. The standard InChI is InChI=1S/C21H21N5O3/c1-12-2-4-14(11-17(12)25-9-8-22-20(25)28)23-19(27)13-3-7-16-18(10-13)26(15-5-6-15)21(29)24-16/h2-4,7,10-11,15H,5-6,8-9H2,1H3,(H,22,28)(H,23,27)(H,24,29). The molecular formula is C21H21N5O3. The molecule has 0 unspecified atom stereocenters. The fourth-order valence-corrected chi connectivity index (χ4v) is 3.84. The zero-order valence-corrected chi connectivity index (χ0v) is 16.0. The molecule has 5 rings (SSSR count). The fraction of sp³-hybridized carbons (Fsp3) is 0.286. The van der Waals surface area contributed by atoms with Crippen molar-refractivity contribution in [3.05, 3.63) is 58.0 Å². The molecule has 0 spiro atoms. The average Bonchev–Trinajstić information content (AvgIpc) is 3.35. The van der Waals surface area contributed by atoms with Gasteiger partial charge in [-0.25, -0.2) is 9.59 Å². The molecule has 2 aromatic carbocycles. The third kappa shape index (κ3) is 3.06. The zero-order chi connectivity index (χ0) is 20.1. The van der Waals surface area contributed by atoms with Crippen LogP contribution in [0.4, 0.5) is 16.2 Å². The molecule has 3 N–H and O–H groups in total. The minimum atomic E-state index is -0.261. The maximum Gasteiger partial charge on any atom is 0.326 e. The first-order valence-electron chi connectivity index (χ1n) is 9.73. The van der Waals surface area contributed by atoms with E-state index in [1.165, 1.54) is 0 Å². The number of carbonyl (C=O) groups is 2. The van der Waals surface area contributed by atoms with Gasteiger partial charge in [-0.2, -0.15) is 0 Å². The highest BCUT2D eigenvalue weighted by molar-refractivity contribution is 6.06. The van der Waals surface area contributed by atoms with Gasteiger partial charge < -0.3 is 15.6 Å². The average molecular weight is 391 g/mol. The van der Waals surface area contributed by atoms with Crippen LogP contribution in [-0.4, -0.2) is 34.6 Å². The number of hydrogen-bond donors (Lipinski definition) is 3. The molecule has 1 saturated heterocycles. The van der Waals surface area contributed by atoms with Crippen LogP contribution in [-0.2, 0) is 0 Å². The monoisotopic (exact) mass is 391 g/mol. The molecule has 2 aliphatic rings. The van der Waals surface area contributed by atoms with E-state index >= 15 is 0 Å². The van der Waals surface area contributed by atoms with E-state index in [-0.39, 0.29) is 23.7 Å². The first kappa shape index (κ1) is 17.5. The number of aryl methyl sites for hydroxylation is 1. The molecule has 1 aliphatic heterocycles. The van der Waals surface area contributed by atoms with Gasteiger partial charge in [0.15, 0.2) is 0 Å². The molecule has 148 valence electrons. The van der Waals surface area contributed by atoms with Crippen LogP contribution in [0.1, 0.15) is 34.8 Å². The normalized spacial score (nSPS) is 16.3. The number of carbonyl (C=O) groups excluding carboxylic acids is 2.